The first-order valence-electron chi connectivity index (χ1n) is 6.49. The van der Waals surface area contributed by atoms with Crippen LogP contribution in [-0.4, -0.2) is 7.05 Å². The van der Waals surface area contributed by atoms with E-state index in [0.717, 1.165) is 0 Å². The second kappa shape index (κ2) is 5.16. The maximum atomic E-state index is 3.46. The van der Waals surface area contributed by atoms with E-state index in [2.05, 4.69) is 65.5 Å². The van der Waals surface area contributed by atoms with Crippen molar-refractivity contribution in [2.45, 2.75) is 13.0 Å². The van der Waals surface area contributed by atoms with Gasteiger partial charge in [0.15, 0.2) is 0 Å². The molecule has 1 N–H and O–H groups in total. The largest absolute Gasteiger partial charge is 0.309 e. The van der Waals surface area contributed by atoms with E-state index < -0.39 is 0 Å². The average Bonchev–Trinajstić information content (AvgIpc) is 2.96. The molecule has 1 unspecified atom stereocenters. The Hall–Kier alpha value is -1.64. The molecule has 2 aromatic carbocycles. The minimum Gasteiger partial charge on any atom is -0.309 e. The van der Waals surface area contributed by atoms with Crippen molar-refractivity contribution >= 4 is 22.1 Å². The molecule has 0 aliphatic rings. The van der Waals surface area contributed by atoms with Crippen LogP contribution >= 0.6 is 11.3 Å². The van der Waals surface area contributed by atoms with Crippen LogP contribution in [0.2, 0.25) is 0 Å². The number of hydrogen-bond acceptors (Lipinski definition) is 2. The van der Waals surface area contributed by atoms with Crippen LogP contribution < -0.4 is 5.32 Å². The Balaban J connectivity index is 2.25. The molecule has 3 aromatic rings. The van der Waals surface area contributed by atoms with E-state index in [1.54, 1.807) is 11.3 Å². The molecule has 0 saturated heterocycles. The van der Waals surface area contributed by atoms with Crippen LogP contribution in [0.3, 0.4) is 0 Å². The first-order chi connectivity index (χ1) is 9.31. The number of benzene rings is 2. The summed E-state index contributed by atoms with van der Waals surface area (Å²) in [6.45, 7) is 2.19. The lowest BCUT2D eigenvalue weighted by molar-refractivity contribution is 0.695. The lowest BCUT2D eigenvalue weighted by atomic mass is 9.91. The molecule has 1 atom stereocenters. The van der Waals surface area contributed by atoms with Crippen LogP contribution in [0.25, 0.3) is 10.8 Å². The van der Waals surface area contributed by atoms with Gasteiger partial charge in [-0.1, -0.05) is 36.4 Å². The summed E-state index contributed by atoms with van der Waals surface area (Å²) in [5.41, 5.74) is 4.07. The topological polar surface area (TPSA) is 12.0 Å². The number of fused-ring (bicyclic) bond motifs is 1. The zero-order valence-electron chi connectivity index (χ0n) is 11.2. The molecular formula is C17H17NS. The molecule has 1 aromatic heterocycles. The summed E-state index contributed by atoms with van der Waals surface area (Å²) in [5, 5.41) is 10.5. The Bertz CT molecular complexity index is 686. The Morgan fingerprint density at radius 3 is 2.63 bits per heavy atom. The zero-order chi connectivity index (χ0) is 13.2. The maximum Gasteiger partial charge on any atom is 0.0591 e. The number of thiophene rings is 1. The molecule has 1 nitrogen and oxygen atoms in total. The van der Waals surface area contributed by atoms with E-state index >= 15 is 0 Å². The summed E-state index contributed by atoms with van der Waals surface area (Å²) in [7, 11) is 2.03. The van der Waals surface area contributed by atoms with E-state index in [9.17, 15) is 0 Å². The Labute approximate surface area is 117 Å². The van der Waals surface area contributed by atoms with Crippen molar-refractivity contribution in [3.05, 3.63) is 69.9 Å². The van der Waals surface area contributed by atoms with Gasteiger partial charge in [-0.05, 0) is 58.3 Å². The van der Waals surface area contributed by atoms with Gasteiger partial charge in [-0.25, -0.2) is 0 Å². The fourth-order valence-electron chi connectivity index (χ4n) is 2.70. The summed E-state index contributed by atoms with van der Waals surface area (Å²) in [6, 6.07) is 15.5. The van der Waals surface area contributed by atoms with Crippen LogP contribution in [-0.2, 0) is 0 Å². The summed E-state index contributed by atoms with van der Waals surface area (Å²) < 4.78 is 0. The summed E-state index contributed by atoms with van der Waals surface area (Å²) in [4.78, 5) is 0. The fraction of sp³-hybridized carbons (Fsp3) is 0.176. The lowest BCUT2D eigenvalue weighted by Gasteiger charge is -2.20. The minimum atomic E-state index is 0.261. The van der Waals surface area contributed by atoms with Gasteiger partial charge in [-0.3, -0.25) is 0 Å². The van der Waals surface area contributed by atoms with Crippen molar-refractivity contribution in [1.29, 1.82) is 0 Å². The number of rotatable bonds is 3. The standard InChI is InChI=1S/C17H17NS/c1-12-7-8-13-5-3-4-6-15(13)16(12)17(18-2)14-9-10-19-11-14/h3-11,17-18H,1-2H3. The van der Waals surface area contributed by atoms with E-state index in [-0.39, 0.29) is 6.04 Å². The molecule has 2 heteroatoms. The molecule has 0 spiro atoms. The van der Waals surface area contributed by atoms with Crippen LogP contribution in [0.5, 0.6) is 0 Å². The van der Waals surface area contributed by atoms with Gasteiger partial charge in [0.25, 0.3) is 0 Å². The average molecular weight is 267 g/mol. The number of hydrogen-bond donors (Lipinski definition) is 1. The molecule has 0 amide bonds. The normalized spacial score (nSPS) is 12.7. The Morgan fingerprint density at radius 1 is 1.05 bits per heavy atom. The predicted octanol–water partition coefficient (Wildman–Crippen LogP) is 4.52. The SMILES string of the molecule is CNC(c1ccsc1)c1c(C)ccc2ccccc12. The van der Waals surface area contributed by atoms with Crippen molar-refractivity contribution in [2.75, 3.05) is 7.05 Å². The van der Waals surface area contributed by atoms with Crippen molar-refractivity contribution in [2.24, 2.45) is 0 Å². The highest BCUT2D eigenvalue weighted by Gasteiger charge is 2.17. The molecule has 96 valence electrons. The monoisotopic (exact) mass is 267 g/mol. The molecule has 0 radical (unpaired) electrons. The fourth-order valence-corrected chi connectivity index (χ4v) is 3.39. The maximum absolute atomic E-state index is 3.46. The van der Waals surface area contributed by atoms with Gasteiger partial charge in [-0.2, -0.15) is 11.3 Å². The molecular weight excluding hydrogens is 250 g/mol. The van der Waals surface area contributed by atoms with Crippen LogP contribution in [0.1, 0.15) is 22.7 Å². The van der Waals surface area contributed by atoms with Crippen molar-refractivity contribution in [1.82, 2.24) is 5.32 Å². The predicted molar refractivity (Wildman–Crippen MR) is 83.9 cm³/mol. The molecule has 0 saturated carbocycles. The molecule has 19 heavy (non-hydrogen) atoms. The van der Waals surface area contributed by atoms with Crippen LogP contribution in [0.15, 0.2) is 53.2 Å². The number of nitrogens with one attached hydrogen (secondary N) is 1. The summed E-state index contributed by atoms with van der Waals surface area (Å²) >= 11 is 1.75. The van der Waals surface area contributed by atoms with Crippen LogP contribution in [0, 0.1) is 6.92 Å². The van der Waals surface area contributed by atoms with E-state index in [4.69, 9.17) is 0 Å². The quantitative estimate of drug-likeness (QED) is 0.735. The second-order valence-corrected chi connectivity index (χ2v) is 5.58. The second-order valence-electron chi connectivity index (χ2n) is 4.80. The van der Waals surface area contributed by atoms with Gasteiger partial charge in [0, 0.05) is 0 Å². The van der Waals surface area contributed by atoms with E-state index in [1.807, 2.05) is 7.05 Å². The third-order valence-corrected chi connectivity index (χ3v) is 4.34. The first kappa shape index (κ1) is 12.4. The molecule has 3 rings (SSSR count). The zero-order valence-corrected chi connectivity index (χ0v) is 12.0. The molecule has 0 aliphatic carbocycles. The van der Waals surface area contributed by atoms with Gasteiger partial charge < -0.3 is 5.32 Å². The summed E-state index contributed by atoms with van der Waals surface area (Å²) in [6.07, 6.45) is 0. The Morgan fingerprint density at radius 2 is 1.89 bits per heavy atom. The van der Waals surface area contributed by atoms with E-state index in [0.29, 0.717) is 0 Å². The molecule has 1 heterocycles. The van der Waals surface area contributed by atoms with Crippen molar-refractivity contribution in [3.8, 4) is 0 Å². The third-order valence-electron chi connectivity index (χ3n) is 3.64. The van der Waals surface area contributed by atoms with Gasteiger partial charge >= 0.3 is 0 Å². The third kappa shape index (κ3) is 2.18. The molecule has 0 aliphatic heterocycles. The van der Waals surface area contributed by atoms with Gasteiger partial charge in [-0.15, -0.1) is 0 Å². The first-order valence-corrected chi connectivity index (χ1v) is 7.43. The van der Waals surface area contributed by atoms with Gasteiger partial charge in [0.05, 0.1) is 6.04 Å². The highest BCUT2D eigenvalue weighted by Crippen LogP contribution is 2.32. The van der Waals surface area contributed by atoms with Crippen molar-refractivity contribution < 1.29 is 0 Å². The minimum absolute atomic E-state index is 0.261. The Kier molecular flexibility index (Phi) is 3.36. The number of aryl methyl sites for hydroxylation is 1. The van der Waals surface area contributed by atoms with Gasteiger partial charge in [0.2, 0.25) is 0 Å². The highest BCUT2D eigenvalue weighted by molar-refractivity contribution is 7.08. The van der Waals surface area contributed by atoms with Crippen molar-refractivity contribution in [3.63, 3.8) is 0 Å². The lowest BCUT2D eigenvalue weighted by Crippen LogP contribution is -2.18. The molecule has 0 fully saturated rings. The van der Waals surface area contributed by atoms with E-state index in [1.165, 1.54) is 27.5 Å². The highest BCUT2D eigenvalue weighted by atomic mass is 32.1. The summed E-state index contributed by atoms with van der Waals surface area (Å²) in [5.74, 6) is 0. The van der Waals surface area contributed by atoms with Gasteiger partial charge in [0.1, 0.15) is 0 Å². The van der Waals surface area contributed by atoms with Crippen LogP contribution in [0.4, 0.5) is 0 Å². The smallest absolute Gasteiger partial charge is 0.0591 e. The molecule has 0 bridgehead atoms.